The van der Waals surface area contributed by atoms with Gasteiger partial charge in [-0.2, -0.15) is 0 Å². The third kappa shape index (κ3) is 8.12. The summed E-state index contributed by atoms with van der Waals surface area (Å²) in [7, 11) is -3.14. The van der Waals surface area contributed by atoms with Gasteiger partial charge in [0.05, 0.1) is 11.8 Å². The summed E-state index contributed by atoms with van der Waals surface area (Å²) in [5.41, 5.74) is -0.598. The molecule has 0 aromatic heterocycles. The van der Waals surface area contributed by atoms with Crippen molar-refractivity contribution >= 4 is 15.9 Å². The van der Waals surface area contributed by atoms with Crippen LogP contribution in [0.5, 0.6) is 0 Å². The molecule has 1 amide bonds. The zero-order valence-corrected chi connectivity index (χ0v) is 11.8. The monoisotopic (exact) mass is 265 g/mol. The van der Waals surface area contributed by atoms with Gasteiger partial charge in [0.2, 0.25) is 15.9 Å². The molecule has 0 aliphatic carbocycles. The molecule has 0 saturated carbocycles. The van der Waals surface area contributed by atoms with Crippen molar-refractivity contribution in [2.75, 3.05) is 25.9 Å². The number of sulfonamides is 1. The molecular formula is C10H23N3O3S. The fourth-order valence-electron chi connectivity index (χ4n) is 1.29. The lowest BCUT2D eigenvalue weighted by molar-refractivity contribution is -0.126. The molecule has 3 N–H and O–H groups in total. The minimum absolute atomic E-state index is 0.0845. The van der Waals surface area contributed by atoms with E-state index in [4.69, 9.17) is 0 Å². The van der Waals surface area contributed by atoms with Gasteiger partial charge in [0, 0.05) is 13.1 Å². The molecule has 0 fully saturated rings. The standard InChI is InChI=1S/C10H23N3O3S/c1-5-12-10(2,3)9(14)11-7-6-8-13-17(4,15)16/h12-13H,5-8H2,1-4H3,(H,11,14). The van der Waals surface area contributed by atoms with Gasteiger partial charge in [-0.05, 0) is 26.8 Å². The Bertz CT molecular complexity index is 339. The number of hydrogen-bond donors (Lipinski definition) is 3. The molecule has 17 heavy (non-hydrogen) atoms. The minimum atomic E-state index is -3.14. The number of nitrogens with one attached hydrogen (secondary N) is 3. The van der Waals surface area contributed by atoms with Crippen LogP contribution in [0.4, 0.5) is 0 Å². The zero-order valence-electron chi connectivity index (χ0n) is 11.0. The van der Waals surface area contributed by atoms with Crippen LogP contribution in [0.1, 0.15) is 27.2 Å². The number of amides is 1. The predicted octanol–water partition coefficient (Wildman–Crippen LogP) is -0.570. The molecule has 0 aliphatic rings. The Morgan fingerprint density at radius 3 is 2.29 bits per heavy atom. The van der Waals surface area contributed by atoms with Crippen molar-refractivity contribution in [1.29, 1.82) is 0 Å². The molecule has 0 spiro atoms. The first-order chi connectivity index (χ1) is 7.69. The van der Waals surface area contributed by atoms with Crippen LogP contribution in [0.2, 0.25) is 0 Å². The van der Waals surface area contributed by atoms with Crippen LogP contribution in [0.3, 0.4) is 0 Å². The summed E-state index contributed by atoms with van der Waals surface area (Å²) in [4.78, 5) is 11.7. The van der Waals surface area contributed by atoms with Crippen molar-refractivity contribution in [1.82, 2.24) is 15.4 Å². The van der Waals surface area contributed by atoms with Gasteiger partial charge in [-0.15, -0.1) is 0 Å². The first-order valence-electron chi connectivity index (χ1n) is 5.67. The van der Waals surface area contributed by atoms with Gasteiger partial charge >= 0.3 is 0 Å². The van der Waals surface area contributed by atoms with Crippen LogP contribution in [0, 0.1) is 0 Å². The van der Waals surface area contributed by atoms with Crippen LogP contribution in [-0.4, -0.2) is 45.8 Å². The fraction of sp³-hybridized carbons (Fsp3) is 0.900. The lowest BCUT2D eigenvalue weighted by Crippen LogP contribution is -2.52. The highest BCUT2D eigenvalue weighted by molar-refractivity contribution is 7.88. The van der Waals surface area contributed by atoms with Gasteiger partial charge in [-0.1, -0.05) is 6.92 Å². The topological polar surface area (TPSA) is 87.3 Å². The van der Waals surface area contributed by atoms with E-state index in [1.165, 1.54) is 0 Å². The maximum absolute atomic E-state index is 11.7. The second-order valence-corrected chi connectivity index (χ2v) is 6.26. The Hall–Kier alpha value is -0.660. The maximum atomic E-state index is 11.7. The van der Waals surface area contributed by atoms with Crippen LogP contribution in [0.25, 0.3) is 0 Å². The molecule has 0 bridgehead atoms. The van der Waals surface area contributed by atoms with Gasteiger partial charge < -0.3 is 10.6 Å². The maximum Gasteiger partial charge on any atom is 0.239 e. The highest BCUT2D eigenvalue weighted by atomic mass is 32.2. The second kappa shape index (κ2) is 6.93. The Labute approximate surface area is 104 Å². The summed E-state index contributed by atoms with van der Waals surface area (Å²) in [6, 6.07) is 0. The number of rotatable bonds is 8. The normalized spacial score (nSPS) is 12.5. The summed E-state index contributed by atoms with van der Waals surface area (Å²) < 4.78 is 23.9. The number of likely N-dealkylation sites (N-methyl/N-ethyl adjacent to an activating group) is 1. The van der Waals surface area contributed by atoms with Crippen LogP contribution in [-0.2, 0) is 14.8 Å². The molecule has 7 heteroatoms. The molecule has 0 aliphatic heterocycles. The van der Waals surface area contributed by atoms with Crippen molar-refractivity contribution in [2.45, 2.75) is 32.7 Å². The van der Waals surface area contributed by atoms with E-state index in [-0.39, 0.29) is 5.91 Å². The van der Waals surface area contributed by atoms with E-state index in [0.29, 0.717) is 19.5 Å². The van der Waals surface area contributed by atoms with Gasteiger partial charge in [0.1, 0.15) is 0 Å². The van der Waals surface area contributed by atoms with E-state index in [0.717, 1.165) is 12.8 Å². The van der Waals surface area contributed by atoms with Crippen molar-refractivity contribution in [3.8, 4) is 0 Å². The first kappa shape index (κ1) is 16.3. The van der Waals surface area contributed by atoms with Crippen molar-refractivity contribution in [3.05, 3.63) is 0 Å². The van der Waals surface area contributed by atoms with Gasteiger partial charge in [-0.3, -0.25) is 4.79 Å². The largest absolute Gasteiger partial charge is 0.354 e. The van der Waals surface area contributed by atoms with E-state index in [1.54, 1.807) is 13.8 Å². The van der Waals surface area contributed by atoms with Crippen molar-refractivity contribution in [3.63, 3.8) is 0 Å². The van der Waals surface area contributed by atoms with Gasteiger partial charge in [0.25, 0.3) is 0 Å². The number of carbonyl (C=O) groups is 1. The van der Waals surface area contributed by atoms with Gasteiger partial charge in [-0.25, -0.2) is 13.1 Å². The second-order valence-electron chi connectivity index (χ2n) is 4.43. The molecule has 0 saturated heterocycles. The summed E-state index contributed by atoms with van der Waals surface area (Å²) in [5.74, 6) is -0.0845. The molecule has 0 atom stereocenters. The highest BCUT2D eigenvalue weighted by Crippen LogP contribution is 2.00. The first-order valence-corrected chi connectivity index (χ1v) is 7.56. The Morgan fingerprint density at radius 1 is 1.24 bits per heavy atom. The van der Waals surface area contributed by atoms with E-state index in [1.807, 2.05) is 6.92 Å². The van der Waals surface area contributed by atoms with Crippen LogP contribution in [0.15, 0.2) is 0 Å². The van der Waals surface area contributed by atoms with E-state index in [2.05, 4.69) is 15.4 Å². The molecule has 0 radical (unpaired) electrons. The van der Waals surface area contributed by atoms with Gasteiger partial charge in [0.15, 0.2) is 0 Å². The Balaban J connectivity index is 3.79. The Morgan fingerprint density at radius 2 is 1.82 bits per heavy atom. The van der Waals surface area contributed by atoms with E-state index >= 15 is 0 Å². The SMILES string of the molecule is CCNC(C)(C)C(=O)NCCCNS(C)(=O)=O. The molecule has 0 aromatic rings. The summed E-state index contributed by atoms with van der Waals surface area (Å²) in [6.45, 7) is 7.05. The third-order valence-electron chi connectivity index (χ3n) is 2.19. The summed E-state index contributed by atoms with van der Waals surface area (Å²) in [6.07, 6.45) is 1.68. The van der Waals surface area contributed by atoms with E-state index < -0.39 is 15.6 Å². The molecule has 0 heterocycles. The van der Waals surface area contributed by atoms with Crippen LogP contribution < -0.4 is 15.4 Å². The quantitative estimate of drug-likeness (QED) is 0.513. The Kier molecular flexibility index (Phi) is 6.66. The molecule has 0 unspecified atom stereocenters. The van der Waals surface area contributed by atoms with E-state index in [9.17, 15) is 13.2 Å². The summed E-state index contributed by atoms with van der Waals surface area (Å²) in [5, 5.41) is 5.82. The minimum Gasteiger partial charge on any atom is -0.354 e. The average Bonchev–Trinajstić information content (AvgIpc) is 2.15. The molecule has 0 aromatic carbocycles. The fourth-order valence-corrected chi connectivity index (χ4v) is 1.81. The smallest absolute Gasteiger partial charge is 0.239 e. The zero-order chi connectivity index (χ0) is 13.5. The highest BCUT2D eigenvalue weighted by Gasteiger charge is 2.25. The molecule has 102 valence electrons. The van der Waals surface area contributed by atoms with Crippen LogP contribution >= 0.6 is 0 Å². The molecule has 6 nitrogen and oxygen atoms in total. The lowest BCUT2D eigenvalue weighted by atomic mass is 10.0. The molecule has 0 rings (SSSR count). The van der Waals surface area contributed by atoms with Crippen molar-refractivity contribution < 1.29 is 13.2 Å². The number of hydrogen-bond acceptors (Lipinski definition) is 4. The molecular weight excluding hydrogens is 242 g/mol. The predicted molar refractivity (Wildman–Crippen MR) is 68.2 cm³/mol. The number of carbonyl (C=O) groups excluding carboxylic acids is 1. The lowest BCUT2D eigenvalue weighted by Gasteiger charge is -2.24. The third-order valence-corrected chi connectivity index (χ3v) is 2.92. The summed E-state index contributed by atoms with van der Waals surface area (Å²) >= 11 is 0. The average molecular weight is 265 g/mol. The van der Waals surface area contributed by atoms with Crippen molar-refractivity contribution in [2.24, 2.45) is 0 Å².